The van der Waals surface area contributed by atoms with E-state index in [0.717, 1.165) is 12.8 Å². The molecule has 1 amide bonds. The van der Waals surface area contributed by atoms with E-state index in [1.807, 2.05) is 0 Å². The lowest BCUT2D eigenvalue weighted by Crippen LogP contribution is -2.24. The third kappa shape index (κ3) is 4.20. The first-order chi connectivity index (χ1) is 7.65. The van der Waals surface area contributed by atoms with Crippen LogP contribution in [0.1, 0.15) is 23.2 Å². The van der Waals surface area contributed by atoms with E-state index in [0.29, 0.717) is 28.0 Å². The summed E-state index contributed by atoms with van der Waals surface area (Å²) in [7, 11) is 0. The molecule has 5 heteroatoms. The van der Waals surface area contributed by atoms with Crippen LogP contribution in [-0.4, -0.2) is 18.3 Å². The summed E-state index contributed by atoms with van der Waals surface area (Å²) < 4.78 is 0. The maximum Gasteiger partial charge on any atom is 0.251 e. The molecule has 0 heterocycles. The predicted octanol–water partition coefficient (Wildman–Crippen LogP) is 3.74. The van der Waals surface area contributed by atoms with Crippen molar-refractivity contribution in [3.8, 4) is 0 Å². The molecule has 1 aromatic carbocycles. The van der Waals surface area contributed by atoms with Crippen LogP contribution < -0.4 is 5.32 Å². The zero-order valence-corrected chi connectivity index (χ0v) is 10.9. The summed E-state index contributed by atoms with van der Waals surface area (Å²) in [5, 5.41) is 3.61. The van der Waals surface area contributed by atoms with Crippen molar-refractivity contribution in [1.82, 2.24) is 5.32 Å². The molecule has 16 heavy (non-hydrogen) atoms. The molecule has 0 aliphatic rings. The number of unbranched alkanes of at least 4 members (excludes halogenated alkanes) is 1. The molecule has 1 rings (SSSR count). The maximum atomic E-state index is 11.6. The van der Waals surface area contributed by atoms with Crippen molar-refractivity contribution < 1.29 is 4.79 Å². The maximum absolute atomic E-state index is 11.6. The lowest BCUT2D eigenvalue weighted by molar-refractivity contribution is 0.0953. The van der Waals surface area contributed by atoms with Gasteiger partial charge in [0, 0.05) is 18.0 Å². The molecule has 0 aliphatic carbocycles. The van der Waals surface area contributed by atoms with E-state index in [2.05, 4.69) is 5.32 Å². The van der Waals surface area contributed by atoms with Gasteiger partial charge in [-0.05, 0) is 31.0 Å². The summed E-state index contributed by atoms with van der Waals surface area (Å²) >= 11 is 17.1. The van der Waals surface area contributed by atoms with Gasteiger partial charge in [0.05, 0.1) is 10.0 Å². The van der Waals surface area contributed by atoms with Crippen LogP contribution in [-0.2, 0) is 0 Å². The highest BCUT2D eigenvalue weighted by Gasteiger charge is 2.06. The number of halogens is 3. The minimum Gasteiger partial charge on any atom is -0.352 e. The van der Waals surface area contributed by atoms with Gasteiger partial charge in [-0.1, -0.05) is 23.2 Å². The van der Waals surface area contributed by atoms with Gasteiger partial charge in [-0.25, -0.2) is 0 Å². The van der Waals surface area contributed by atoms with Crippen molar-refractivity contribution in [2.75, 3.05) is 12.4 Å². The molecular formula is C11H12Cl3NO. The normalized spacial score (nSPS) is 10.2. The van der Waals surface area contributed by atoms with Gasteiger partial charge >= 0.3 is 0 Å². The number of carbonyl (C=O) groups excluding carboxylic acids is 1. The third-order valence-electron chi connectivity index (χ3n) is 2.03. The van der Waals surface area contributed by atoms with Crippen LogP contribution in [0, 0.1) is 0 Å². The van der Waals surface area contributed by atoms with Gasteiger partial charge in [-0.15, -0.1) is 11.6 Å². The Morgan fingerprint density at radius 2 is 1.94 bits per heavy atom. The SMILES string of the molecule is O=C(NCCCCCl)c1ccc(Cl)c(Cl)c1. The Labute approximate surface area is 110 Å². The van der Waals surface area contributed by atoms with Crippen LogP contribution in [0.3, 0.4) is 0 Å². The summed E-state index contributed by atoms with van der Waals surface area (Å²) in [6.07, 6.45) is 1.76. The quantitative estimate of drug-likeness (QED) is 0.646. The van der Waals surface area contributed by atoms with Gasteiger partial charge in [-0.3, -0.25) is 4.79 Å². The summed E-state index contributed by atoms with van der Waals surface area (Å²) in [6.45, 7) is 0.617. The number of benzene rings is 1. The molecule has 0 fully saturated rings. The van der Waals surface area contributed by atoms with Gasteiger partial charge in [0.2, 0.25) is 0 Å². The molecule has 0 bridgehead atoms. The lowest BCUT2D eigenvalue weighted by atomic mass is 10.2. The first-order valence-electron chi connectivity index (χ1n) is 4.94. The van der Waals surface area contributed by atoms with Crippen LogP contribution in [0.4, 0.5) is 0 Å². The van der Waals surface area contributed by atoms with E-state index >= 15 is 0 Å². The minimum atomic E-state index is -0.145. The number of hydrogen-bond acceptors (Lipinski definition) is 1. The Balaban J connectivity index is 2.50. The van der Waals surface area contributed by atoms with E-state index in [-0.39, 0.29) is 5.91 Å². The second-order valence-electron chi connectivity index (χ2n) is 3.28. The monoisotopic (exact) mass is 279 g/mol. The van der Waals surface area contributed by atoms with Crippen molar-refractivity contribution >= 4 is 40.7 Å². The Kier molecular flexibility index (Phi) is 5.96. The second-order valence-corrected chi connectivity index (χ2v) is 4.47. The Bertz CT molecular complexity index is 368. The van der Waals surface area contributed by atoms with Crippen LogP contribution >= 0.6 is 34.8 Å². The molecule has 88 valence electrons. The van der Waals surface area contributed by atoms with Gasteiger partial charge in [0.15, 0.2) is 0 Å². The molecule has 0 radical (unpaired) electrons. The van der Waals surface area contributed by atoms with Crippen molar-refractivity contribution in [2.45, 2.75) is 12.8 Å². The van der Waals surface area contributed by atoms with Gasteiger partial charge in [0.1, 0.15) is 0 Å². The summed E-state index contributed by atoms with van der Waals surface area (Å²) in [6, 6.07) is 4.81. The molecule has 0 atom stereocenters. The highest BCUT2D eigenvalue weighted by atomic mass is 35.5. The summed E-state index contributed by atoms with van der Waals surface area (Å²) in [5.74, 6) is 0.468. The van der Waals surface area contributed by atoms with E-state index in [4.69, 9.17) is 34.8 Å². The smallest absolute Gasteiger partial charge is 0.251 e. The Morgan fingerprint density at radius 3 is 2.56 bits per heavy atom. The molecule has 1 N–H and O–H groups in total. The first kappa shape index (κ1) is 13.6. The number of nitrogens with one attached hydrogen (secondary N) is 1. The predicted molar refractivity (Wildman–Crippen MR) is 68.7 cm³/mol. The molecule has 2 nitrogen and oxygen atoms in total. The van der Waals surface area contributed by atoms with Crippen molar-refractivity contribution in [3.63, 3.8) is 0 Å². The molecule has 0 unspecified atom stereocenters. The van der Waals surface area contributed by atoms with E-state index in [1.54, 1.807) is 18.2 Å². The highest BCUT2D eigenvalue weighted by molar-refractivity contribution is 6.42. The summed E-state index contributed by atoms with van der Waals surface area (Å²) in [4.78, 5) is 11.6. The molecule has 1 aromatic rings. The highest BCUT2D eigenvalue weighted by Crippen LogP contribution is 2.22. The topological polar surface area (TPSA) is 29.1 Å². The van der Waals surface area contributed by atoms with E-state index in [1.165, 1.54) is 0 Å². The standard InChI is InChI=1S/C11H12Cl3NO/c12-5-1-2-6-15-11(16)8-3-4-9(13)10(14)7-8/h3-4,7H,1-2,5-6H2,(H,15,16). The molecular weight excluding hydrogens is 268 g/mol. The van der Waals surface area contributed by atoms with Crippen LogP contribution in [0.25, 0.3) is 0 Å². The minimum absolute atomic E-state index is 0.145. The fourth-order valence-electron chi connectivity index (χ4n) is 1.16. The van der Waals surface area contributed by atoms with Gasteiger partial charge < -0.3 is 5.32 Å². The van der Waals surface area contributed by atoms with Gasteiger partial charge in [-0.2, -0.15) is 0 Å². The van der Waals surface area contributed by atoms with E-state index in [9.17, 15) is 4.79 Å². The van der Waals surface area contributed by atoms with Crippen molar-refractivity contribution in [1.29, 1.82) is 0 Å². The van der Waals surface area contributed by atoms with Gasteiger partial charge in [0.25, 0.3) is 5.91 Å². The second kappa shape index (κ2) is 7.00. The molecule has 0 aliphatic heterocycles. The molecule has 0 spiro atoms. The molecule has 0 saturated carbocycles. The number of rotatable bonds is 5. The zero-order valence-electron chi connectivity index (χ0n) is 8.60. The average Bonchev–Trinajstić information content (AvgIpc) is 2.28. The van der Waals surface area contributed by atoms with E-state index < -0.39 is 0 Å². The van der Waals surface area contributed by atoms with Crippen LogP contribution in [0.2, 0.25) is 10.0 Å². The number of carbonyl (C=O) groups is 1. The Hall–Kier alpha value is -0.440. The fraction of sp³-hybridized carbons (Fsp3) is 0.364. The zero-order chi connectivity index (χ0) is 12.0. The van der Waals surface area contributed by atoms with Crippen molar-refractivity contribution in [2.24, 2.45) is 0 Å². The largest absolute Gasteiger partial charge is 0.352 e. The fourth-order valence-corrected chi connectivity index (χ4v) is 1.65. The average molecular weight is 281 g/mol. The molecule has 0 saturated heterocycles. The third-order valence-corrected chi connectivity index (χ3v) is 3.03. The van der Waals surface area contributed by atoms with Crippen LogP contribution in [0.15, 0.2) is 18.2 Å². The number of alkyl halides is 1. The van der Waals surface area contributed by atoms with Crippen molar-refractivity contribution in [3.05, 3.63) is 33.8 Å². The lowest BCUT2D eigenvalue weighted by Gasteiger charge is -2.05. The van der Waals surface area contributed by atoms with Crippen LogP contribution in [0.5, 0.6) is 0 Å². The Morgan fingerprint density at radius 1 is 1.19 bits per heavy atom. The molecule has 0 aromatic heterocycles. The summed E-state index contributed by atoms with van der Waals surface area (Å²) in [5.41, 5.74) is 0.514. The number of amides is 1. The number of hydrogen-bond donors (Lipinski definition) is 1. The first-order valence-corrected chi connectivity index (χ1v) is 6.23.